The van der Waals surface area contributed by atoms with Crippen LogP contribution in [0.3, 0.4) is 0 Å². The standard InChI is InChI=1S/C21H23N5O/c1-13(2)15-7-9-17(10-8-15)25-20-19(22)21(24-12-23-20)26-18-6-4-5-16(11-18)14(3)27/h4-13H,22H2,1-3H3,(H2,23,24,25,26). The van der Waals surface area contributed by atoms with E-state index in [1.807, 2.05) is 24.3 Å². The van der Waals surface area contributed by atoms with Gasteiger partial charge in [-0.15, -0.1) is 0 Å². The van der Waals surface area contributed by atoms with Gasteiger partial charge in [-0.25, -0.2) is 9.97 Å². The van der Waals surface area contributed by atoms with Crippen LogP contribution in [0.5, 0.6) is 0 Å². The molecular formula is C21H23N5O. The third-order valence-corrected chi connectivity index (χ3v) is 4.26. The van der Waals surface area contributed by atoms with Gasteiger partial charge in [-0.3, -0.25) is 4.79 Å². The average molecular weight is 361 g/mol. The zero-order valence-corrected chi connectivity index (χ0v) is 15.7. The number of nitrogens with zero attached hydrogens (tertiary/aromatic N) is 2. The predicted molar refractivity (Wildman–Crippen MR) is 110 cm³/mol. The number of nitrogens with two attached hydrogens (primary N) is 1. The second-order valence-corrected chi connectivity index (χ2v) is 6.65. The Kier molecular flexibility index (Phi) is 5.35. The Labute approximate surface area is 158 Å². The number of ketones is 1. The second-order valence-electron chi connectivity index (χ2n) is 6.65. The summed E-state index contributed by atoms with van der Waals surface area (Å²) in [6.45, 7) is 5.85. The van der Waals surface area contributed by atoms with Gasteiger partial charge in [-0.2, -0.15) is 0 Å². The van der Waals surface area contributed by atoms with Crippen LogP contribution in [0.25, 0.3) is 0 Å². The number of carbonyl (C=O) groups is 1. The number of benzene rings is 2. The van der Waals surface area contributed by atoms with Crippen molar-refractivity contribution in [1.29, 1.82) is 0 Å². The van der Waals surface area contributed by atoms with Gasteiger partial charge in [-0.05, 0) is 42.7 Å². The van der Waals surface area contributed by atoms with Gasteiger partial charge in [0.1, 0.15) is 12.0 Å². The second kappa shape index (κ2) is 7.86. The van der Waals surface area contributed by atoms with Crippen LogP contribution < -0.4 is 16.4 Å². The molecule has 0 fully saturated rings. The first-order valence-electron chi connectivity index (χ1n) is 8.79. The molecule has 3 rings (SSSR count). The van der Waals surface area contributed by atoms with E-state index >= 15 is 0 Å². The molecule has 0 saturated carbocycles. The first-order chi connectivity index (χ1) is 12.9. The maximum Gasteiger partial charge on any atom is 0.159 e. The van der Waals surface area contributed by atoms with Crippen LogP contribution in [0.4, 0.5) is 28.7 Å². The fourth-order valence-corrected chi connectivity index (χ4v) is 2.64. The van der Waals surface area contributed by atoms with Gasteiger partial charge in [0.2, 0.25) is 0 Å². The molecule has 0 bridgehead atoms. The highest BCUT2D eigenvalue weighted by Crippen LogP contribution is 2.29. The highest BCUT2D eigenvalue weighted by Gasteiger charge is 2.10. The summed E-state index contributed by atoms with van der Waals surface area (Å²) in [7, 11) is 0. The van der Waals surface area contributed by atoms with E-state index in [4.69, 9.17) is 5.73 Å². The van der Waals surface area contributed by atoms with Gasteiger partial charge in [-0.1, -0.05) is 38.1 Å². The molecule has 3 aromatic rings. The van der Waals surface area contributed by atoms with E-state index in [1.165, 1.54) is 18.8 Å². The number of hydrogen-bond donors (Lipinski definition) is 3. The smallest absolute Gasteiger partial charge is 0.159 e. The minimum Gasteiger partial charge on any atom is -0.393 e. The summed E-state index contributed by atoms with van der Waals surface area (Å²) in [5.74, 6) is 1.48. The van der Waals surface area contributed by atoms with E-state index in [0.29, 0.717) is 28.8 Å². The molecule has 27 heavy (non-hydrogen) atoms. The molecule has 1 aromatic heterocycles. The van der Waals surface area contributed by atoms with E-state index in [1.54, 1.807) is 12.1 Å². The lowest BCUT2D eigenvalue weighted by molar-refractivity contribution is 0.101. The number of nitrogens with one attached hydrogen (secondary N) is 2. The molecule has 0 aliphatic carbocycles. The van der Waals surface area contributed by atoms with E-state index in [2.05, 4.69) is 46.6 Å². The number of nitrogen functional groups attached to an aromatic ring is 1. The minimum absolute atomic E-state index is 0.00140. The molecule has 1 heterocycles. The van der Waals surface area contributed by atoms with Crippen LogP contribution >= 0.6 is 0 Å². The van der Waals surface area contributed by atoms with Crippen molar-refractivity contribution in [3.05, 3.63) is 66.0 Å². The molecule has 0 atom stereocenters. The van der Waals surface area contributed by atoms with Crippen molar-refractivity contribution in [2.24, 2.45) is 0 Å². The van der Waals surface area contributed by atoms with Gasteiger partial charge in [0.15, 0.2) is 17.4 Å². The topological polar surface area (TPSA) is 92.9 Å². The number of carbonyl (C=O) groups excluding carboxylic acids is 1. The van der Waals surface area contributed by atoms with Crippen molar-refractivity contribution < 1.29 is 4.79 Å². The highest BCUT2D eigenvalue weighted by atomic mass is 16.1. The Hall–Kier alpha value is -3.41. The summed E-state index contributed by atoms with van der Waals surface area (Å²) in [4.78, 5) is 20.0. The fraction of sp³-hybridized carbons (Fsp3) is 0.190. The van der Waals surface area contributed by atoms with Gasteiger partial charge < -0.3 is 16.4 Å². The zero-order chi connectivity index (χ0) is 19.4. The third-order valence-electron chi connectivity index (χ3n) is 4.26. The van der Waals surface area contributed by atoms with Crippen molar-refractivity contribution in [2.75, 3.05) is 16.4 Å². The number of rotatable bonds is 6. The SMILES string of the molecule is CC(=O)c1cccc(Nc2ncnc(Nc3ccc(C(C)C)cc3)c2N)c1. The monoisotopic (exact) mass is 361 g/mol. The van der Waals surface area contributed by atoms with Crippen molar-refractivity contribution >= 4 is 34.5 Å². The number of Topliss-reactive ketones (excluding diaryl/α,β-unsaturated/α-hetero) is 1. The van der Waals surface area contributed by atoms with E-state index in [9.17, 15) is 4.79 Å². The van der Waals surface area contributed by atoms with Crippen molar-refractivity contribution in [2.45, 2.75) is 26.7 Å². The lowest BCUT2D eigenvalue weighted by Crippen LogP contribution is -2.05. The van der Waals surface area contributed by atoms with E-state index < -0.39 is 0 Å². The lowest BCUT2D eigenvalue weighted by atomic mass is 10.0. The molecule has 0 radical (unpaired) electrons. The molecule has 4 N–H and O–H groups in total. The first kappa shape index (κ1) is 18.4. The van der Waals surface area contributed by atoms with Crippen molar-refractivity contribution in [3.8, 4) is 0 Å². The fourth-order valence-electron chi connectivity index (χ4n) is 2.64. The Bertz CT molecular complexity index is 951. The molecular weight excluding hydrogens is 338 g/mol. The zero-order valence-electron chi connectivity index (χ0n) is 15.7. The number of hydrogen-bond acceptors (Lipinski definition) is 6. The Morgan fingerprint density at radius 1 is 0.963 bits per heavy atom. The molecule has 2 aromatic carbocycles. The van der Waals surface area contributed by atoms with Crippen LogP contribution in [0.1, 0.15) is 42.6 Å². The molecule has 6 heteroatoms. The van der Waals surface area contributed by atoms with Crippen LogP contribution in [0, 0.1) is 0 Å². The maximum atomic E-state index is 11.6. The normalized spacial score (nSPS) is 10.7. The van der Waals surface area contributed by atoms with Crippen LogP contribution in [0.2, 0.25) is 0 Å². The lowest BCUT2D eigenvalue weighted by Gasteiger charge is -2.13. The van der Waals surface area contributed by atoms with Crippen molar-refractivity contribution in [1.82, 2.24) is 9.97 Å². The molecule has 138 valence electrons. The Morgan fingerprint density at radius 2 is 1.59 bits per heavy atom. The molecule has 0 amide bonds. The van der Waals surface area contributed by atoms with Gasteiger partial charge >= 0.3 is 0 Å². The molecule has 0 aliphatic heterocycles. The summed E-state index contributed by atoms with van der Waals surface area (Å²) >= 11 is 0. The average Bonchev–Trinajstić information content (AvgIpc) is 2.65. The maximum absolute atomic E-state index is 11.6. The number of aromatic nitrogens is 2. The summed E-state index contributed by atoms with van der Waals surface area (Å²) in [6.07, 6.45) is 1.44. The molecule has 0 spiro atoms. The van der Waals surface area contributed by atoms with Crippen LogP contribution in [-0.4, -0.2) is 15.8 Å². The predicted octanol–water partition coefficient (Wildman–Crippen LogP) is 4.87. The van der Waals surface area contributed by atoms with Gasteiger partial charge in [0, 0.05) is 16.9 Å². The summed E-state index contributed by atoms with van der Waals surface area (Å²) in [5.41, 5.74) is 10.2. The first-order valence-corrected chi connectivity index (χ1v) is 8.79. The molecule has 0 saturated heterocycles. The number of anilines is 5. The molecule has 6 nitrogen and oxygen atoms in total. The molecule has 0 aliphatic rings. The Morgan fingerprint density at radius 3 is 2.19 bits per heavy atom. The summed E-state index contributed by atoms with van der Waals surface area (Å²) in [6, 6.07) is 15.4. The van der Waals surface area contributed by atoms with Crippen molar-refractivity contribution in [3.63, 3.8) is 0 Å². The largest absolute Gasteiger partial charge is 0.393 e. The highest BCUT2D eigenvalue weighted by molar-refractivity contribution is 5.95. The van der Waals surface area contributed by atoms with Crippen LogP contribution in [0.15, 0.2) is 54.9 Å². The van der Waals surface area contributed by atoms with Gasteiger partial charge in [0.25, 0.3) is 0 Å². The summed E-state index contributed by atoms with van der Waals surface area (Å²) < 4.78 is 0. The summed E-state index contributed by atoms with van der Waals surface area (Å²) in [5, 5.41) is 6.37. The Balaban J connectivity index is 1.81. The van der Waals surface area contributed by atoms with E-state index in [0.717, 1.165) is 11.4 Å². The van der Waals surface area contributed by atoms with Crippen LogP contribution in [-0.2, 0) is 0 Å². The van der Waals surface area contributed by atoms with E-state index in [-0.39, 0.29) is 5.78 Å². The third kappa shape index (κ3) is 4.41. The quantitative estimate of drug-likeness (QED) is 0.542. The van der Waals surface area contributed by atoms with Gasteiger partial charge in [0.05, 0.1) is 0 Å². The minimum atomic E-state index is 0.00140. The molecule has 0 unspecified atom stereocenters.